The molecule has 2 aromatic rings. The van der Waals surface area contributed by atoms with Crippen molar-refractivity contribution in [3.05, 3.63) is 53.1 Å². The van der Waals surface area contributed by atoms with Crippen LogP contribution < -0.4 is 0 Å². The van der Waals surface area contributed by atoms with E-state index in [0.717, 1.165) is 0 Å². The molecule has 86 valence electrons. The summed E-state index contributed by atoms with van der Waals surface area (Å²) < 4.78 is 0. The normalized spacial score (nSPS) is 13.7. The van der Waals surface area contributed by atoms with Crippen LogP contribution in [0.25, 0.3) is 11.1 Å². The quantitative estimate of drug-likeness (QED) is 0.780. The monoisotopic (exact) mass is 224 g/mol. The van der Waals surface area contributed by atoms with Gasteiger partial charge in [0.15, 0.2) is 0 Å². The maximum absolute atomic E-state index is 9.33. The molecular weight excluding hydrogens is 208 g/mol. The number of rotatable bonds is 1. The Kier molecular flexibility index (Phi) is 2.40. The first-order valence-electron chi connectivity index (χ1n) is 6.16. The zero-order valence-electron chi connectivity index (χ0n) is 10.0. The van der Waals surface area contributed by atoms with Crippen LogP contribution >= 0.6 is 0 Å². The molecule has 17 heavy (non-hydrogen) atoms. The second kappa shape index (κ2) is 3.92. The van der Waals surface area contributed by atoms with Gasteiger partial charge in [-0.3, -0.25) is 0 Å². The van der Waals surface area contributed by atoms with E-state index in [2.05, 4.69) is 19.1 Å². The third kappa shape index (κ3) is 1.72. The average molecular weight is 224 g/mol. The third-order valence-corrected chi connectivity index (χ3v) is 3.75. The molecule has 0 aromatic heterocycles. The van der Waals surface area contributed by atoms with E-state index >= 15 is 0 Å². The van der Waals surface area contributed by atoms with E-state index in [1.807, 2.05) is 12.1 Å². The molecule has 0 bridgehead atoms. The van der Waals surface area contributed by atoms with E-state index in [4.69, 9.17) is 0 Å². The number of hydrogen-bond acceptors (Lipinski definition) is 1. The highest BCUT2D eigenvalue weighted by Crippen LogP contribution is 2.33. The Morgan fingerprint density at radius 1 is 0.941 bits per heavy atom. The molecule has 2 aromatic carbocycles. The van der Waals surface area contributed by atoms with Crippen LogP contribution in [0.5, 0.6) is 5.75 Å². The van der Waals surface area contributed by atoms with E-state index in [0.29, 0.717) is 5.75 Å². The zero-order valence-corrected chi connectivity index (χ0v) is 10.0. The maximum Gasteiger partial charge on any atom is 0.115 e. The summed E-state index contributed by atoms with van der Waals surface area (Å²) in [5.41, 5.74) is 6.95. The topological polar surface area (TPSA) is 20.2 Å². The molecule has 0 saturated carbocycles. The summed E-state index contributed by atoms with van der Waals surface area (Å²) in [6.07, 6.45) is 3.73. The Morgan fingerprint density at radius 2 is 1.71 bits per heavy atom. The van der Waals surface area contributed by atoms with Gasteiger partial charge in [-0.05, 0) is 66.1 Å². The van der Waals surface area contributed by atoms with Crippen molar-refractivity contribution in [1.29, 1.82) is 0 Å². The average Bonchev–Trinajstić information content (AvgIpc) is 2.80. The highest BCUT2D eigenvalue weighted by Gasteiger charge is 2.15. The van der Waals surface area contributed by atoms with Crippen LogP contribution in [0.3, 0.4) is 0 Å². The molecule has 0 atom stereocenters. The predicted molar refractivity (Wildman–Crippen MR) is 70.3 cm³/mol. The van der Waals surface area contributed by atoms with Gasteiger partial charge in [-0.2, -0.15) is 0 Å². The first-order valence-corrected chi connectivity index (χ1v) is 6.16. The summed E-state index contributed by atoms with van der Waals surface area (Å²) >= 11 is 0. The van der Waals surface area contributed by atoms with Gasteiger partial charge in [0.2, 0.25) is 0 Å². The molecule has 1 aliphatic rings. The molecule has 1 nitrogen and oxygen atoms in total. The molecule has 0 spiro atoms. The van der Waals surface area contributed by atoms with Crippen molar-refractivity contribution in [3.8, 4) is 16.9 Å². The van der Waals surface area contributed by atoms with Crippen LogP contribution in [0.4, 0.5) is 0 Å². The summed E-state index contributed by atoms with van der Waals surface area (Å²) in [5, 5.41) is 9.33. The van der Waals surface area contributed by atoms with Gasteiger partial charge < -0.3 is 5.11 Å². The van der Waals surface area contributed by atoms with E-state index in [-0.39, 0.29) is 0 Å². The van der Waals surface area contributed by atoms with Gasteiger partial charge >= 0.3 is 0 Å². The summed E-state index contributed by atoms with van der Waals surface area (Å²) in [6, 6.07) is 11.9. The van der Waals surface area contributed by atoms with Crippen molar-refractivity contribution in [2.24, 2.45) is 0 Å². The predicted octanol–water partition coefficient (Wildman–Crippen LogP) is 3.86. The first-order chi connectivity index (χ1) is 8.25. The van der Waals surface area contributed by atoms with Crippen molar-refractivity contribution in [3.63, 3.8) is 0 Å². The van der Waals surface area contributed by atoms with E-state index < -0.39 is 0 Å². The zero-order chi connectivity index (χ0) is 11.8. The maximum atomic E-state index is 9.33. The van der Waals surface area contributed by atoms with Crippen LogP contribution in [0.15, 0.2) is 36.4 Å². The summed E-state index contributed by atoms with van der Waals surface area (Å²) in [7, 11) is 0. The van der Waals surface area contributed by atoms with Gasteiger partial charge in [0, 0.05) is 0 Å². The molecule has 1 aliphatic carbocycles. The number of phenols is 1. The second-order valence-corrected chi connectivity index (χ2v) is 4.78. The van der Waals surface area contributed by atoms with Crippen molar-refractivity contribution in [2.75, 3.05) is 0 Å². The van der Waals surface area contributed by atoms with E-state index in [9.17, 15) is 5.11 Å². The van der Waals surface area contributed by atoms with Crippen LogP contribution in [0, 0.1) is 6.92 Å². The van der Waals surface area contributed by atoms with Crippen LogP contribution in [0.2, 0.25) is 0 Å². The van der Waals surface area contributed by atoms with Crippen LogP contribution in [-0.4, -0.2) is 5.11 Å². The van der Waals surface area contributed by atoms with E-state index in [1.165, 1.54) is 47.1 Å². The Balaban J connectivity index is 2.12. The standard InChI is InChI=1S/C16H16O/c1-11-15-4-2-3-12(15)7-10-16(11)13-5-8-14(17)9-6-13/h5-10,17H,2-4H2,1H3. The third-order valence-electron chi connectivity index (χ3n) is 3.75. The fraction of sp³-hybridized carbons (Fsp3) is 0.250. The fourth-order valence-corrected chi connectivity index (χ4v) is 2.80. The number of phenolic OH excluding ortho intramolecular Hbond substituents is 1. The van der Waals surface area contributed by atoms with Gasteiger partial charge in [0.25, 0.3) is 0 Å². The number of aryl methyl sites for hydroxylation is 1. The van der Waals surface area contributed by atoms with Crippen molar-refractivity contribution < 1.29 is 5.11 Å². The van der Waals surface area contributed by atoms with Gasteiger partial charge in [-0.1, -0.05) is 24.3 Å². The molecule has 0 amide bonds. The van der Waals surface area contributed by atoms with Crippen molar-refractivity contribution in [2.45, 2.75) is 26.2 Å². The molecule has 3 rings (SSSR count). The minimum Gasteiger partial charge on any atom is -0.508 e. The van der Waals surface area contributed by atoms with Crippen molar-refractivity contribution >= 4 is 0 Å². The molecular formula is C16H16O. The summed E-state index contributed by atoms with van der Waals surface area (Å²) in [6.45, 7) is 2.21. The molecule has 0 fully saturated rings. The molecule has 1 heteroatoms. The minimum atomic E-state index is 0.326. The lowest BCUT2D eigenvalue weighted by atomic mass is 9.94. The second-order valence-electron chi connectivity index (χ2n) is 4.78. The van der Waals surface area contributed by atoms with Crippen LogP contribution in [0.1, 0.15) is 23.1 Å². The van der Waals surface area contributed by atoms with Gasteiger partial charge in [0.1, 0.15) is 5.75 Å². The largest absolute Gasteiger partial charge is 0.508 e. The summed E-state index contributed by atoms with van der Waals surface area (Å²) in [5.74, 6) is 0.326. The number of benzene rings is 2. The highest BCUT2D eigenvalue weighted by molar-refractivity contribution is 5.70. The molecule has 0 aliphatic heterocycles. The fourth-order valence-electron chi connectivity index (χ4n) is 2.80. The molecule has 0 saturated heterocycles. The number of hydrogen-bond donors (Lipinski definition) is 1. The smallest absolute Gasteiger partial charge is 0.115 e. The number of fused-ring (bicyclic) bond motifs is 1. The Labute approximate surface area is 102 Å². The summed E-state index contributed by atoms with van der Waals surface area (Å²) in [4.78, 5) is 0. The molecule has 0 radical (unpaired) electrons. The first kappa shape index (κ1) is 10.4. The lowest BCUT2D eigenvalue weighted by molar-refractivity contribution is 0.475. The molecule has 0 unspecified atom stereocenters. The Bertz CT molecular complexity index is 552. The van der Waals surface area contributed by atoms with Crippen LogP contribution in [-0.2, 0) is 12.8 Å². The lowest BCUT2D eigenvalue weighted by Crippen LogP contribution is -1.91. The van der Waals surface area contributed by atoms with E-state index in [1.54, 1.807) is 12.1 Å². The van der Waals surface area contributed by atoms with Crippen molar-refractivity contribution in [1.82, 2.24) is 0 Å². The lowest BCUT2D eigenvalue weighted by Gasteiger charge is -2.11. The van der Waals surface area contributed by atoms with Gasteiger partial charge in [-0.15, -0.1) is 0 Å². The van der Waals surface area contributed by atoms with Gasteiger partial charge in [0.05, 0.1) is 0 Å². The Morgan fingerprint density at radius 3 is 2.47 bits per heavy atom. The SMILES string of the molecule is Cc1c(-c2ccc(O)cc2)ccc2c1CCC2. The van der Waals surface area contributed by atoms with Gasteiger partial charge in [-0.25, -0.2) is 0 Å². The minimum absolute atomic E-state index is 0.326. The number of aromatic hydroxyl groups is 1. The molecule has 1 N–H and O–H groups in total. The Hall–Kier alpha value is -1.76. The molecule has 0 heterocycles. The highest BCUT2D eigenvalue weighted by atomic mass is 16.3.